The lowest BCUT2D eigenvalue weighted by molar-refractivity contribution is 0.100. The monoisotopic (exact) mass is 265 g/mol. The van der Waals surface area contributed by atoms with Crippen molar-refractivity contribution >= 4 is 17.3 Å². The van der Waals surface area contributed by atoms with E-state index in [1.807, 2.05) is 6.92 Å². The number of hydrogen-bond donors (Lipinski definition) is 3. The van der Waals surface area contributed by atoms with Crippen LogP contribution in [0, 0.1) is 11.7 Å². The molecule has 2 rings (SSSR count). The number of nitrogens with two attached hydrogens (primary N) is 2. The standard InChI is InChI=1S/C14H20FN3O/c1-8(9-4-2-3-5-9)18-13-6-10(14(17)19)12(16)7-11(13)15/h6-9,18H,2-5,16H2,1H3,(H2,17,19). The highest BCUT2D eigenvalue weighted by Gasteiger charge is 2.22. The molecule has 1 fully saturated rings. The van der Waals surface area contributed by atoms with Gasteiger partial charge < -0.3 is 16.8 Å². The third-order valence-corrected chi connectivity index (χ3v) is 3.89. The van der Waals surface area contributed by atoms with Crippen LogP contribution < -0.4 is 16.8 Å². The summed E-state index contributed by atoms with van der Waals surface area (Å²) in [5.41, 5.74) is 11.3. The molecule has 1 aromatic carbocycles. The number of nitrogen functional groups attached to an aromatic ring is 1. The van der Waals surface area contributed by atoms with Gasteiger partial charge >= 0.3 is 0 Å². The molecule has 19 heavy (non-hydrogen) atoms. The molecule has 1 aliphatic carbocycles. The number of amides is 1. The molecule has 1 aliphatic rings. The summed E-state index contributed by atoms with van der Waals surface area (Å²) >= 11 is 0. The van der Waals surface area contributed by atoms with Crippen molar-refractivity contribution in [2.45, 2.75) is 38.6 Å². The van der Waals surface area contributed by atoms with Gasteiger partial charge in [-0.1, -0.05) is 12.8 Å². The highest BCUT2D eigenvalue weighted by molar-refractivity contribution is 5.99. The minimum absolute atomic E-state index is 0.0732. The summed E-state index contributed by atoms with van der Waals surface area (Å²) in [6.45, 7) is 2.04. The number of halogens is 1. The Balaban J connectivity index is 2.19. The largest absolute Gasteiger partial charge is 0.398 e. The van der Waals surface area contributed by atoms with Gasteiger partial charge in [0, 0.05) is 11.7 Å². The van der Waals surface area contributed by atoms with Gasteiger partial charge in [-0.2, -0.15) is 0 Å². The fraction of sp³-hybridized carbons (Fsp3) is 0.500. The number of anilines is 2. The van der Waals surface area contributed by atoms with Crippen LogP contribution >= 0.6 is 0 Å². The second-order valence-electron chi connectivity index (χ2n) is 5.26. The summed E-state index contributed by atoms with van der Waals surface area (Å²) < 4.78 is 13.8. The van der Waals surface area contributed by atoms with E-state index in [0.29, 0.717) is 11.6 Å². The average Bonchev–Trinajstić information content (AvgIpc) is 2.85. The molecule has 1 aromatic rings. The number of carbonyl (C=O) groups is 1. The number of primary amides is 1. The SMILES string of the molecule is CC(Nc1cc(C(N)=O)c(N)cc1F)C1CCCC1. The van der Waals surface area contributed by atoms with E-state index in [2.05, 4.69) is 5.32 Å². The van der Waals surface area contributed by atoms with E-state index in [1.54, 1.807) is 0 Å². The van der Waals surface area contributed by atoms with Crippen LogP contribution in [0.15, 0.2) is 12.1 Å². The maximum Gasteiger partial charge on any atom is 0.250 e. The summed E-state index contributed by atoms with van der Waals surface area (Å²) in [4.78, 5) is 11.2. The highest BCUT2D eigenvalue weighted by Crippen LogP contribution is 2.30. The molecule has 1 amide bonds. The molecule has 5 heteroatoms. The summed E-state index contributed by atoms with van der Waals surface area (Å²) in [7, 11) is 0. The minimum atomic E-state index is -0.644. The minimum Gasteiger partial charge on any atom is -0.398 e. The summed E-state index contributed by atoms with van der Waals surface area (Å²) in [5.74, 6) is -0.546. The Morgan fingerprint density at radius 1 is 1.42 bits per heavy atom. The van der Waals surface area contributed by atoms with Crippen molar-refractivity contribution in [3.8, 4) is 0 Å². The van der Waals surface area contributed by atoms with Gasteiger partial charge in [-0.15, -0.1) is 0 Å². The maximum atomic E-state index is 13.8. The molecule has 5 N–H and O–H groups in total. The van der Waals surface area contributed by atoms with Crippen LogP contribution in [-0.2, 0) is 0 Å². The smallest absolute Gasteiger partial charge is 0.250 e. The number of carbonyl (C=O) groups excluding carboxylic acids is 1. The lowest BCUT2D eigenvalue weighted by atomic mass is 9.99. The van der Waals surface area contributed by atoms with E-state index in [4.69, 9.17) is 11.5 Å². The van der Waals surface area contributed by atoms with Crippen LogP contribution in [0.2, 0.25) is 0 Å². The second-order valence-corrected chi connectivity index (χ2v) is 5.26. The number of benzene rings is 1. The quantitative estimate of drug-likeness (QED) is 0.732. The third kappa shape index (κ3) is 2.97. The first-order valence-corrected chi connectivity index (χ1v) is 6.64. The molecule has 1 saturated carbocycles. The van der Waals surface area contributed by atoms with Crippen LogP contribution in [0.5, 0.6) is 0 Å². The molecule has 1 atom stereocenters. The molecule has 0 spiro atoms. The van der Waals surface area contributed by atoms with Gasteiger partial charge in [0.15, 0.2) is 0 Å². The van der Waals surface area contributed by atoms with Gasteiger partial charge in [0.1, 0.15) is 5.82 Å². The van der Waals surface area contributed by atoms with E-state index >= 15 is 0 Å². The molecule has 4 nitrogen and oxygen atoms in total. The first kappa shape index (κ1) is 13.6. The molecule has 0 aromatic heterocycles. The zero-order valence-corrected chi connectivity index (χ0v) is 11.1. The first-order chi connectivity index (χ1) is 8.99. The Bertz CT molecular complexity index is 484. The molecule has 0 aliphatic heterocycles. The topological polar surface area (TPSA) is 81.1 Å². The highest BCUT2D eigenvalue weighted by atomic mass is 19.1. The Labute approximate surface area is 112 Å². The van der Waals surface area contributed by atoms with E-state index in [0.717, 1.165) is 18.9 Å². The van der Waals surface area contributed by atoms with Crippen molar-refractivity contribution in [1.82, 2.24) is 0 Å². The third-order valence-electron chi connectivity index (χ3n) is 3.89. The van der Waals surface area contributed by atoms with Gasteiger partial charge in [0.05, 0.1) is 11.3 Å². The molecular weight excluding hydrogens is 245 g/mol. The van der Waals surface area contributed by atoms with Crippen LogP contribution in [0.4, 0.5) is 15.8 Å². The lowest BCUT2D eigenvalue weighted by Gasteiger charge is -2.22. The van der Waals surface area contributed by atoms with Crippen molar-refractivity contribution in [3.05, 3.63) is 23.5 Å². The van der Waals surface area contributed by atoms with Crippen LogP contribution in [0.25, 0.3) is 0 Å². The Kier molecular flexibility index (Phi) is 3.93. The maximum absolute atomic E-state index is 13.8. The van der Waals surface area contributed by atoms with E-state index in [1.165, 1.54) is 18.9 Å². The molecule has 0 heterocycles. The molecular formula is C14H20FN3O. The predicted octanol–water partition coefficient (Wildman–Crippen LogP) is 2.50. The number of nitrogens with one attached hydrogen (secondary N) is 1. The number of hydrogen-bond acceptors (Lipinski definition) is 3. The van der Waals surface area contributed by atoms with Crippen LogP contribution in [0.1, 0.15) is 43.0 Å². The van der Waals surface area contributed by atoms with Crippen molar-refractivity contribution in [1.29, 1.82) is 0 Å². The summed E-state index contributed by atoms with van der Waals surface area (Å²) in [6, 6.07) is 2.71. The van der Waals surface area contributed by atoms with Crippen LogP contribution in [-0.4, -0.2) is 11.9 Å². The fourth-order valence-electron chi connectivity index (χ4n) is 2.73. The molecule has 0 saturated heterocycles. The lowest BCUT2D eigenvalue weighted by Crippen LogP contribution is -2.25. The van der Waals surface area contributed by atoms with Crippen LogP contribution in [0.3, 0.4) is 0 Å². The molecule has 0 radical (unpaired) electrons. The zero-order chi connectivity index (χ0) is 14.0. The van der Waals surface area contributed by atoms with Gasteiger partial charge in [0.2, 0.25) is 0 Å². The number of rotatable bonds is 4. The molecule has 104 valence electrons. The zero-order valence-electron chi connectivity index (χ0n) is 11.1. The fourth-order valence-corrected chi connectivity index (χ4v) is 2.73. The second kappa shape index (κ2) is 5.47. The Morgan fingerprint density at radius 2 is 2.05 bits per heavy atom. The first-order valence-electron chi connectivity index (χ1n) is 6.64. The van der Waals surface area contributed by atoms with Gasteiger partial charge in [-0.25, -0.2) is 4.39 Å². The van der Waals surface area contributed by atoms with Crippen molar-refractivity contribution < 1.29 is 9.18 Å². The van der Waals surface area contributed by atoms with Gasteiger partial charge in [-0.3, -0.25) is 4.79 Å². The van der Waals surface area contributed by atoms with E-state index in [-0.39, 0.29) is 17.3 Å². The van der Waals surface area contributed by atoms with Crippen molar-refractivity contribution in [2.24, 2.45) is 11.7 Å². The van der Waals surface area contributed by atoms with Crippen molar-refractivity contribution in [3.63, 3.8) is 0 Å². The predicted molar refractivity (Wildman–Crippen MR) is 74.4 cm³/mol. The Morgan fingerprint density at radius 3 is 2.63 bits per heavy atom. The summed E-state index contributed by atoms with van der Waals surface area (Å²) in [6.07, 6.45) is 4.78. The Hall–Kier alpha value is -1.78. The van der Waals surface area contributed by atoms with Crippen molar-refractivity contribution in [2.75, 3.05) is 11.1 Å². The average molecular weight is 265 g/mol. The van der Waals surface area contributed by atoms with Gasteiger partial charge in [0.25, 0.3) is 5.91 Å². The molecule has 0 bridgehead atoms. The van der Waals surface area contributed by atoms with E-state index in [9.17, 15) is 9.18 Å². The van der Waals surface area contributed by atoms with Gasteiger partial charge in [-0.05, 0) is 37.8 Å². The molecule has 1 unspecified atom stereocenters. The van der Waals surface area contributed by atoms with E-state index < -0.39 is 11.7 Å². The normalized spacial score (nSPS) is 17.4. The summed E-state index contributed by atoms with van der Waals surface area (Å²) in [5, 5.41) is 3.14.